The Morgan fingerprint density at radius 3 is 1.96 bits per heavy atom. The summed E-state index contributed by atoms with van der Waals surface area (Å²) in [5, 5.41) is 2.53. The number of carbonyl (C=O) groups excluding carboxylic acids is 1. The van der Waals surface area contributed by atoms with Gasteiger partial charge in [-0.25, -0.2) is 8.78 Å². The van der Waals surface area contributed by atoms with Crippen LogP contribution < -0.4 is 0 Å². The Morgan fingerprint density at radius 2 is 1.44 bits per heavy atom. The molecule has 0 saturated heterocycles. The van der Waals surface area contributed by atoms with Crippen LogP contribution in [0.1, 0.15) is 11.1 Å². The van der Waals surface area contributed by atoms with E-state index in [2.05, 4.69) is 4.99 Å². The smallest absolute Gasteiger partial charge is 0.275 e. The molecule has 126 valence electrons. The molecule has 0 fully saturated rings. The average molecular weight is 356 g/mol. The van der Waals surface area contributed by atoms with Crippen LogP contribution in [-0.4, -0.2) is 21.5 Å². The molecule has 0 bridgehead atoms. The van der Waals surface area contributed by atoms with Gasteiger partial charge in [-0.2, -0.15) is 4.99 Å². The first-order chi connectivity index (χ1) is 12.1. The van der Waals surface area contributed by atoms with Gasteiger partial charge in [-0.3, -0.25) is 4.79 Å². The van der Waals surface area contributed by atoms with Crippen LogP contribution in [0.2, 0.25) is 0 Å². The number of rotatable bonds is 4. The number of halogens is 2. The highest BCUT2D eigenvalue weighted by Crippen LogP contribution is 2.39. The molecule has 0 radical (unpaired) electrons. The minimum atomic E-state index is -0.912. The molecule has 0 aromatic heterocycles. The van der Waals surface area contributed by atoms with Crippen molar-refractivity contribution in [1.29, 1.82) is 0 Å². The predicted molar refractivity (Wildman–Crippen MR) is 94.0 cm³/mol. The first kappa shape index (κ1) is 16.0. The highest BCUT2D eigenvalue weighted by molar-refractivity contribution is 8.16. The number of carbonyl (C=O) groups is 1. The lowest BCUT2D eigenvalue weighted by Crippen LogP contribution is -2.51. The zero-order chi connectivity index (χ0) is 17.4. The van der Waals surface area contributed by atoms with Crippen molar-refractivity contribution < 1.29 is 13.6 Å². The van der Waals surface area contributed by atoms with Crippen LogP contribution >= 0.6 is 11.8 Å². The van der Waals surface area contributed by atoms with Crippen molar-refractivity contribution in [2.45, 2.75) is 18.4 Å². The molecule has 0 N–H and O–H groups in total. The summed E-state index contributed by atoms with van der Waals surface area (Å²) in [6.45, 7) is 0. The molecule has 0 aliphatic carbocycles. The topological polar surface area (TPSA) is 32.7 Å². The van der Waals surface area contributed by atoms with Crippen molar-refractivity contribution in [2.24, 2.45) is 4.99 Å². The molecule has 2 heterocycles. The van der Waals surface area contributed by atoms with Gasteiger partial charge in [0.1, 0.15) is 17.2 Å². The number of hydrogen-bond donors (Lipinski definition) is 0. The number of thioether (sulfide) groups is 1. The van der Waals surface area contributed by atoms with Crippen LogP contribution in [-0.2, 0) is 17.6 Å². The highest BCUT2D eigenvalue weighted by Gasteiger charge is 2.50. The number of fused-ring (bicyclic) bond motifs is 1. The molecule has 2 aromatic rings. The third-order valence-electron chi connectivity index (χ3n) is 4.47. The largest absolute Gasteiger partial charge is 0.311 e. The molecule has 3 nitrogen and oxygen atoms in total. The van der Waals surface area contributed by atoms with Crippen molar-refractivity contribution in [1.82, 2.24) is 4.90 Å². The van der Waals surface area contributed by atoms with Gasteiger partial charge in [-0.05, 0) is 40.8 Å². The van der Waals surface area contributed by atoms with E-state index < -0.39 is 5.54 Å². The molecule has 4 rings (SSSR count). The zero-order valence-corrected chi connectivity index (χ0v) is 14.0. The van der Waals surface area contributed by atoms with Gasteiger partial charge >= 0.3 is 0 Å². The molecule has 0 spiro atoms. The standard InChI is InChI=1S/C19H14F2N2OS/c20-15-5-1-13(2-6-15)11-19(12-14-3-7-16(21)8-4-14)17(24)22-18-23(19)9-10-25-18/h1-10H,11-12H2. The van der Waals surface area contributed by atoms with Gasteiger partial charge < -0.3 is 4.90 Å². The first-order valence-electron chi connectivity index (χ1n) is 7.81. The third kappa shape index (κ3) is 2.87. The fourth-order valence-electron chi connectivity index (χ4n) is 3.24. The van der Waals surface area contributed by atoms with E-state index in [0.717, 1.165) is 11.1 Å². The maximum atomic E-state index is 13.2. The van der Waals surface area contributed by atoms with Crippen molar-refractivity contribution in [3.05, 3.63) is 82.9 Å². The molecule has 0 saturated carbocycles. The molecule has 2 aliphatic heterocycles. The minimum absolute atomic E-state index is 0.229. The number of nitrogens with zero attached hydrogens (tertiary/aromatic N) is 2. The lowest BCUT2D eigenvalue weighted by Gasteiger charge is -2.34. The van der Waals surface area contributed by atoms with Crippen LogP contribution in [0.15, 0.2) is 65.1 Å². The summed E-state index contributed by atoms with van der Waals surface area (Å²) in [4.78, 5) is 18.9. The van der Waals surface area contributed by atoms with Gasteiger partial charge in [0.05, 0.1) is 0 Å². The van der Waals surface area contributed by atoms with Crippen molar-refractivity contribution in [2.75, 3.05) is 0 Å². The van der Waals surface area contributed by atoms with E-state index in [-0.39, 0.29) is 17.5 Å². The predicted octanol–water partition coefficient (Wildman–Crippen LogP) is 3.91. The van der Waals surface area contributed by atoms with Crippen LogP contribution in [0.5, 0.6) is 0 Å². The Balaban J connectivity index is 1.72. The quantitative estimate of drug-likeness (QED) is 0.833. The summed E-state index contributed by atoms with van der Waals surface area (Å²) in [5.74, 6) is -0.863. The average Bonchev–Trinajstić information content (AvgIpc) is 3.15. The Hall–Kier alpha value is -2.47. The maximum absolute atomic E-state index is 13.2. The summed E-state index contributed by atoms with van der Waals surface area (Å²) < 4.78 is 26.4. The molecule has 0 atom stereocenters. The Bertz CT molecular complexity index is 828. The van der Waals surface area contributed by atoms with Gasteiger partial charge in [0.15, 0.2) is 5.17 Å². The number of amides is 1. The number of hydrogen-bond acceptors (Lipinski definition) is 3. The Morgan fingerprint density at radius 1 is 0.920 bits per heavy atom. The number of benzene rings is 2. The minimum Gasteiger partial charge on any atom is -0.311 e. The van der Waals surface area contributed by atoms with Crippen LogP contribution in [0, 0.1) is 11.6 Å². The van der Waals surface area contributed by atoms with Gasteiger partial charge in [0.25, 0.3) is 5.91 Å². The summed E-state index contributed by atoms with van der Waals surface area (Å²) in [6.07, 6.45) is 2.63. The fraction of sp³-hybridized carbons (Fsp3) is 0.158. The molecule has 1 amide bonds. The van der Waals surface area contributed by atoms with Crippen LogP contribution in [0.3, 0.4) is 0 Å². The van der Waals surface area contributed by atoms with Crippen LogP contribution in [0.4, 0.5) is 8.78 Å². The highest BCUT2D eigenvalue weighted by atomic mass is 32.2. The monoisotopic (exact) mass is 356 g/mol. The van der Waals surface area contributed by atoms with E-state index in [9.17, 15) is 13.6 Å². The van der Waals surface area contributed by atoms with Gasteiger partial charge in [-0.1, -0.05) is 36.0 Å². The van der Waals surface area contributed by atoms with Crippen molar-refractivity contribution in [3.63, 3.8) is 0 Å². The molecule has 0 unspecified atom stereocenters. The molecule has 2 aliphatic rings. The van der Waals surface area contributed by atoms with E-state index >= 15 is 0 Å². The summed E-state index contributed by atoms with van der Waals surface area (Å²) in [7, 11) is 0. The SMILES string of the molecule is O=C1N=C2SC=CN2C1(Cc1ccc(F)cc1)Cc1ccc(F)cc1. The lowest BCUT2D eigenvalue weighted by molar-refractivity contribution is -0.124. The van der Waals surface area contributed by atoms with Gasteiger partial charge in [-0.15, -0.1) is 0 Å². The summed E-state index contributed by atoms with van der Waals surface area (Å²) >= 11 is 1.40. The zero-order valence-electron chi connectivity index (χ0n) is 13.2. The van der Waals surface area contributed by atoms with Gasteiger partial charge in [0.2, 0.25) is 0 Å². The first-order valence-corrected chi connectivity index (χ1v) is 8.69. The molecule has 25 heavy (non-hydrogen) atoms. The number of aliphatic imine (C=N–C) groups is 1. The molecule has 2 aromatic carbocycles. The second kappa shape index (κ2) is 6.11. The molecule has 6 heteroatoms. The second-order valence-electron chi connectivity index (χ2n) is 6.11. The second-order valence-corrected chi connectivity index (χ2v) is 6.98. The fourth-order valence-corrected chi connectivity index (χ4v) is 4.03. The van der Waals surface area contributed by atoms with E-state index in [4.69, 9.17) is 0 Å². The third-order valence-corrected chi connectivity index (χ3v) is 5.22. The van der Waals surface area contributed by atoms with E-state index in [0.29, 0.717) is 18.0 Å². The van der Waals surface area contributed by atoms with Crippen molar-refractivity contribution >= 4 is 22.8 Å². The Labute approximate surface area is 148 Å². The summed E-state index contributed by atoms with van der Waals surface area (Å²) in [5.41, 5.74) is 0.780. The maximum Gasteiger partial charge on any atom is 0.275 e. The molecular weight excluding hydrogens is 342 g/mol. The summed E-state index contributed by atoms with van der Waals surface area (Å²) in [6, 6.07) is 12.3. The normalized spacial score (nSPS) is 17.8. The van der Waals surface area contributed by atoms with E-state index in [1.807, 2.05) is 16.5 Å². The van der Waals surface area contributed by atoms with E-state index in [1.165, 1.54) is 36.0 Å². The Kier molecular flexibility index (Phi) is 3.92. The van der Waals surface area contributed by atoms with Crippen molar-refractivity contribution in [3.8, 4) is 0 Å². The van der Waals surface area contributed by atoms with Crippen LogP contribution in [0.25, 0.3) is 0 Å². The molecular formula is C19H14F2N2OS. The van der Waals surface area contributed by atoms with Gasteiger partial charge in [0, 0.05) is 19.0 Å². The van der Waals surface area contributed by atoms with E-state index in [1.54, 1.807) is 24.3 Å². The number of amidine groups is 1. The lowest BCUT2D eigenvalue weighted by atomic mass is 9.83.